The molecule has 5 nitrogen and oxygen atoms in total. The third kappa shape index (κ3) is 9.95. The second kappa shape index (κ2) is 16.3. The highest BCUT2D eigenvalue weighted by Gasteiger charge is 2.03. The molecule has 0 aliphatic carbocycles. The van der Waals surface area contributed by atoms with Gasteiger partial charge in [-0.2, -0.15) is 0 Å². The first-order valence-electron chi connectivity index (χ1n) is 15.5. The Morgan fingerprint density at radius 3 is 0.356 bits per heavy atom. The highest BCUT2D eigenvalue weighted by Crippen LogP contribution is 2.15. The Morgan fingerprint density at radius 2 is 0.267 bits per heavy atom. The van der Waals surface area contributed by atoms with Gasteiger partial charge in [-0.25, -0.2) is 0 Å². The third-order valence-corrected chi connectivity index (χ3v) is 7.80. The molecule has 0 fully saturated rings. The van der Waals surface area contributed by atoms with Gasteiger partial charge in [-0.1, -0.05) is 121 Å². The SMILES string of the molecule is c1cc2ccc1COCc1ccc(cc1)COCc1ccc(cc1)COCc1ccc(cc1)COCc1ccc(cc1)COC2. The number of hydrogen-bond acceptors (Lipinski definition) is 5. The minimum absolute atomic E-state index is 0.569. The van der Waals surface area contributed by atoms with Crippen molar-refractivity contribution in [1.82, 2.24) is 0 Å². The van der Waals surface area contributed by atoms with Gasteiger partial charge in [0.05, 0.1) is 66.1 Å². The zero-order chi connectivity index (χ0) is 30.5. The van der Waals surface area contributed by atoms with Crippen LogP contribution in [0.3, 0.4) is 0 Å². The maximum absolute atomic E-state index is 5.97. The lowest BCUT2D eigenvalue weighted by atomic mass is 10.1. The van der Waals surface area contributed by atoms with E-state index in [0.717, 1.165) is 55.6 Å². The van der Waals surface area contributed by atoms with Gasteiger partial charge in [0.15, 0.2) is 0 Å². The van der Waals surface area contributed by atoms with E-state index in [1.54, 1.807) is 0 Å². The quantitative estimate of drug-likeness (QED) is 0.178. The largest absolute Gasteiger partial charge is 0.372 e. The lowest BCUT2D eigenvalue weighted by Gasteiger charge is -2.09. The fraction of sp³-hybridized carbons (Fsp3) is 0.250. The van der Waals surface area contributed by atoms with E-state index in [1.165, 1.54) is 0 Å². The molecule has 5 aromatic rings. The van der Waals surface area contributed by atoms with Crippen molar-refractivity contribution in [3.05, 3.63) is 177 Å². The molecule has 0 N–H and O–H groups in total. The molecule has 230 valence electrons. The predicted molar refractivity (Wildman–Crippen MR) is 175 cm³/mol. The Bertz CT molecular complexity index is 1170. The van der Waals surface area contributed by atoms with Gasteiger partial charge in [0.2, 0.25) is 0 Å². The lowest BCUT2D eigenvalue weighted by molar-refractivity contribution is 0.104. The van der Waals surface area contributed by atoms with Crippen LogP contribution in [0.1, 0.15) is 55.6 Å². The van der Waals surface area contributed by atoms with Crippen molar-refractivity contribution in [3.63, 3.8) is 0 Å². The first kappa shape index (κ1) is 30.9. The summed E-state index contributed by atoms with van der Waals surface area (Å²) in [6.07, 6.45) is 0. The predicted octanol–water partition coefficient (Wildman–Crippen LogP) is 8.58. The van der Waals surface area contributed by atoms with E-state index in [1.807, 2.05) is 0 Å². The topological polar surface area (TPSA) is 46.2 Å². The molecular formula is C40H40O5. The summed E-state index contributed by atoms with van der Waals surface area (Å²) in [4.78, 5) is 0. The zero-order valence-electron chi connectivity index (χ0n) is 25.7. The van der Waals surface area contributed by atoms with Crippen LogP contribution in [0.2, 0.25) is 0 Å². The normalized spacial score (nSPS) is 15.6. The van der Waals surface area contributed by atoms with Crippen LogP contribution in [0.15, 0.2) is 121 Å². The maximum atomic E-state index is 5.97. The summed E-state index contributed by atoms with van der Waals surface area (Å²) in [7, 11) is 0. The van der Waals surface area contributed by atoms with Gasteiger partial charge in [-0.15, -0.1) is 0 Å². The van der Waals surface area contributed by atoms with Crippen LogP contribution >= 0.6 is 0 Å². The first-order valence-corrected chi connectivity index (χ1v) is 15.5. The molecule has 45 heavy (non-hydrogen) atoms. The number of ether oxygens (including phenoxy) is 5. The van der Waals surface area contributed by atoms with Gasteiger partial charge in [0.25, 0.3) is 0 Å². The van der Waals surface area contributed by atoms with Crippen molar-refractivity contribution in [1.29, 1.82) is 0 Å². The molecule has 5 aromatic carbocycles. The molecule has 10 aliphatic rings. The monoisotopic (exact) mass is 600 g/mol. The third-order valence-electron chi connectivity index (χ3n) is 7.80. The second-order valence-corrected chi connectivity index (χ2v) is 11.5. The molecule has 0 radical (unpaired) electrons. The van der Waals surface area contributed by atoms with Gasteiger partial charge in [-0.3, -0.25) is 0 Å². The Morgan fingerprint density at radius 1 is 0.178 bits per heavy atom. The summed E-state index contributed by atoms with van der Waals surface area (Å²) in [5.41, 5.74) is 11.5. The van der Waals surface area contributed by atoms with Gasteiger partial charge < -0.3 is 23.7 Å². The summed E-state index contributed by atoms with van der Waals surface area (Å²) < 4.78 is 29.9. The average molecular weight is 601 g/mol. The average Bonchev–Trinajstić information content (AvgIpc) is 3.08. The molecule has 10 bridgehead atoms. The fourth-order valence-corrected chi connectivity index (χ4v) is 5.09. The van der Waals surface area contributed by atoms with Gasteiger partial charge >= 0.3 is 0 Å². The van der Waals surface area contributed by atoms with Gasteiger partial charge in [0.1, 0.15) is 0 Å². The van der Waals surface area contributed by atoms with E-state index in [2.05, 4.69) is 121 Å². The standard InChI is InChI=1S/C40H40O5/c1-2-32-4-3-31(1)21-41-23-33-5-7-35(8-6-33)25-43-27-37-13-15-39(16-14-37)29-45-30-40-19-17-38(18-20-40)28-44-26-36-11-9-34(10-12-36)24-42-22-32/h1-20H,21-30H2. The van der Waals surface area contributed by atoms with Crippen molar-refractivity contribution in [2.45, 2.75) is 66.1 Å². The lowest BCUT2D eigenvalue weighted by Crippen LogP contribution is -1.98. The molecule has 5 heteroatoms. The number of hydrogen-bond donors (Lipinski definition) is 0. The van der Waals surface area contributed by atoms with E-state index < -0.39 is 0 Å². The van der Waals surface area contributed by atoms with Crippen molar-refractivity contribution in [2.75, 3.05) is 0 Å². The molecule has 0 spiro atoms. The fourth-order valence-electron chi connectivity index (χ4n) is 5.09. The van der Waals surface area contributed by atoms with Crippen LogP contribution < -0.4 is 0 Å². The van der Waals surface area contributed by atoms with Crippen molar-refractivity contribution in [3.8, 4) is 0 Å². The van der Waals surface area contributed by atoms with Crippen LogP contribution in [-0.2, 0) is 89.8 Å². The van der Waals surface area contributed by atoms with Crippen molar-refractivity contribution >= 4 is 0 Å². The molecule has 15 rings (SSSR count). The Hall–Kier alpha value is -4.10. The smallest absolute Gasteiger partial charge is 0.0721 e. The number of rotatable bonds is 0. The molecule has 0 unspecified atom stereocenters. The van der Waals surface area contributed by atoms with Crippen molar-refractivity contribution in [2.24, 2.45) is 0 Å². The van der Waals surface area contributed by atoms with Crippen LogP contribution in [0.5, 0.6) is 0 Å². The Labute approximate surface area is 266 Å². The molecule has 0 aromatic heterocycles. The summed E-state index contributed by atoms with van der Waals surface area (Å²) in [5.74, 6) is 0. The summed E-state index contributed by atoms with van der Waals surface area (Å²) in [6, 6.07) is 42.2. The van der Waals surface area contributed by atoms with E-state index in [9.17, 15) is 0 Å². The van der Waals surface area contributed by atoms with E-state index in [-0.39, 0.29) is 0 Å². The molecule has 0 saturated heterocycles. The molecule has 0 atom stereocenters. The molecule has 0 saturated carbocycles. The Balaban J connectivity index is 1.06. The minimum atomic E-state index is 0.569. The maximum Gasteiger partial charge on any atom is 0.0721 e. The van der Waals surface area contributed by atoms with Gasteiger partial charge in [0, 0.05) is 0 Å². The summed E-state index contributed by atoms with van der Waals surface area (Å²) >= 11 is 0. The van der Waals surface area contributed by atoms with E-state index >= 15 is 0 Å². The van der Waals surface area contributed by atoms with E-state index in [4.69, 9.17) is 23.7 Å². The number of benzene rings is 5. The highest BCUT2D eigenvalue weighted by atomic mass is 16.5. The zero-order valence-corrected chi connectivity index (χ0v) is 25.7. The molecule has 10 aliphatic heterocycles. The van der Waals surface area contributed by atoms with Crippen LogP contribution in [0.4, 0.5) is 0 Å². The molecular weight excluding hydrogens is 560 g/mol. The van der Waals surface area contributed by atoms with Crippen molar-refractivity contribution < 1.29 is 23.7 Å². The van der Waals surface area contributed by atoms with Crippen LogP contribution in [0.25, 0.3) is 0 Å². The highest BCUT2D eigenvalue weighted by molar-refractivity contribution is 5.26. The van der Waals surface area contributed by atoms with Gasteiger partial charge in [-0.05, 0) is 55.6 Å². The Kier molecular flexibility index (Phi) is 11.2. The second-order valence-electron chi connectivity index (χ2n) is 11.5. The summed E-state index contributed by atoms with van der Waals surface area (Å²) in [5, 5.41) is 0. The van der Waals surface area contributed by atoms with Crippen LogP contribution in [-0.4, -0.2) is 0 Å². The summed E-state index contributed by atoms with van der Waals surface area (Å²) in [6.45, 7) is 5.69. The molecule has 0 amide bonds. The van der Waals surface area contributed by atoms with Crippen LogP contribution in [0, 0.1) is 0 Å². The van der Waals surface area contributed by atoms with E-state index in [0.29, 0.717) is 66.1 Å². The molecule has 10 heterocycles. The minimum Gasteiger partial charge on any atom is -0.372 e. The first-order chi connectivity index (χ1) is 22.2.